The summed E-state index contributed by atoms with van der Waals surface area (Å²) in [4.78, 5) is 25.8. The van der Waals surface area contributed by atoms with E-state index in [9.17, 15) is 14.7 Å². The van der Waals surface area contributed by atoms with Crippen LogP contribution in [0.25, 0.3) is 0 Å². The van der Waals surface area contributed by atoms with Gasteiger partial charge >= 0.3 is 0 Å². The van der Waals surface area contributed by atoms with Crippen molar-refractivity contribution in [2.24, 2.45) is 5.92 Å². The van der Waals surface area contributed by atoms with Crippen LogP contribution in [-0.2, 0) is 16.1 Å². The molecule has 2 rings (SSSR count). The van der Waals surface area contributed by atoms with Gasteiger partial charge in [0.05, 0.1) is 6.10 Å². The molecule has 1 fully saturated rings. The van der Waals surface area contributed by atoms with Crippen LogP contribution in [0.1, 0.15) is 25.3 Å². The number of hydrogen-bond donors (Lipinski definition) is 2. The van der Waals surface area contributed by atoms with Crippen molar-refractivity contribution in [1.82, 2.24) is 10.2 Å². The number of aliphatic hydroxyl groups is 1. The molecule has 0 saturated heterocycles. The molecule has 0 radical (unpaired) electrons. The fourth-order valence-corrected chi connectivity index (χ4v) is 2.18. The molecule has 0 heterocycles. The molecule has 1 aliphatic carbocycles. The Kier molecular flexibility index (Phi) is 4.96. The van der Waals surface area contributed by atoms with E-state index in [-0.39, 0.29) is 17.7 Å². The SMILES string of the molecule is CC(O)C(NC(=O)C1CC1)C(=O)N(C)Cc1ccccc1. The third-order valence-corrected chi connectivity index (χ3v) is 3.63. The second-order valence-electron chi connectivity index (χ2n) is 5.68. The minimum atomic E-state index is -0.918. The summed E-state index contributed by atoms with van der Waals surface area (Å²) in [5.74, 6) is -0.399. The van der Waals surface area contributed by atoms with Crippen molar-refractivity contribution in [2.75, 3.05) is 7.05 Å². The second-order valence-corrected chi connectivity index (χ2v) is 5.68. The van der Waals surface area contributed by atoms with Gasteiger partial charge in [0.25, 0.3) is 0 Å². The van der Waals surface area contributed by atoms with Gasteiger partial charge in [-0.25, -0.2) is 0 Å². The van der Waals surface area contributed by atoms with Crippen molar-refractivity contribution in [3.8, 4) is 0 Å². The van der Waals surface area contributed by atoms with Gasteiger partial charge in [-0.3, -0.25) is 9.59 Å². The summed E-state index contributed by atoms with van der Waals surface area (Å²) in [6.07, 6.45) is 0.817. The lowest BCUT2D eigenvalue weighted by Gasteiger charge is -2.26. The van der Waals surface area contributed by atoms with Gasteiger partial charge in [0.15, 0.2) is 0 Å². The zero-order valence-electron chi connectivity index (χ0n) is 12.5. The third-order valence-electron chi connectivity index (χ3n) is 3.63. The maximum absolute atomic E-state index is 12.4. The molecule has 5 nitrogen and oxygen atoms in total. The van der Waals surface area contributed by atoms with Crippen LogP contribution < -0.4 is 5.32 Å². The van der Waals surface area contributed by atoms with E-state index in [2.05, 4.69) is 5.32 Å². The Bertz CT molecular complexity index is 498. The lowest BCUT2D eigenvalue weighted by atomic mass is 10.1. The average molecular weight is 290 g/mol. The molecule has 114 valence electrons. The van der Waals surface area contributed by atoms with Gasteiger partial charge in [0, 0.05) is 19.5 Å². The van der Waals surface area contributed by atoms with E-state index in [0.717, 1.165) is 18.4 Å². The number of carbonyl (C=O) groups is 2. The maximum Gasteiger partial charge on any atom is 0.247 e. The highest BCUT2D eigenvalue weighted by atomic mass is 16.3. The molecule has 2 amide bonds. The van der Waals surface area contributed by atoms with Crippen molar-refractivity contribution < 1.29 is 14.7 Å². The largest absolute Gasteiger partial charge is 0.391 e. The van der Waals surface area contributed by atoms with Crippen LogP contribution >= 0.6 is 0 Å². The van der Waals surface area contributed by atoms with Gasteiger partial charge in [-0.2, -0.15) is 0 Å². The lowest BCUT2D eigenvalue weighted by Crippen LogP contribution is -2.53. The number of rotatable bonds is 6. The van der Waals surface area contributed by atoms with Crippen molar-refractivity contribution in [1.29, 1.82) is 0 Å². The second kappa shape index (κ2) is 6.72. The highest BCUT2D eigenvalue weighted by Gasteiger charge is 2.35. The zero-order chi connectivity index (χ0) is 15.4. The Morgan fingerprint density at radius 3 is 2.48 bits per heavy atom. The summed E-state index contributed by atoms with van der Waals surface area (Å²) in [5.41, 5.74) is 1.01. The molecule has 1 aromatic carbocycles. The number of benzene rings is 1. The van der Waals surface area contributed by atoms with Crippen LogP contribution in [0, 0.1) is 5.92 Å². The number of aliphatic hydroxyl groups excluding tert-OH is 1. The smallest absolute Gasteiger partial charge is 0.247 e. The summed E-state index contributed by atoms with van der Waals surface area (Å²) >= 11 is 0. The van der Waals surface area contributed by atoms with Gasteiger partial charge in [-0.05, 0) is 25.3 Å². The first-order valence-electron chi connectivity index (χ1n) is 7.26. The Morgan fingerprint density at radius 2 is 1.95 bits per heavy atom. The molecule has 0 aromatic heterocycles. The summed E-state index contributed by atoms with van der Waals surface area (Å²) in [6, 6.07) is 8.73. The molecule has 1 aromatic rings. The zero-order valence-corrected chi connectivity index (χ0v) is 12.5. The number of nitrogens with zero attached hydrogens (tertiary/aromatic N) is 1. The molecule has 0 aliphatic heterocycles. The van der Waals surface area contributed by atoms with Crippen molar-refractivity contribution >= 4 is 11.8 Å². The van der Waals surface area contributed by atoms with E-state index in [0.29, 0.717) is 6.54 Å². The summed E-state index contributed by atoms with van der Waals surface area (Å²) in [5, 5.41) is 12.5. The summed E-state index contributed by atoms with van der Waals surface area (Å²) in [7, 11) is 1.67. The van der Waals surface area contributed by atoms with Gasteiger partial charge < -0.3 is 15.3 Å². The number of carbonyl (C=O) groups excluding carboxylic acids is 2. The molecule has 2 atom stereocenters. The van der Waals surface area contributed by atoms with Crippen LogP contribution in [0.4, 0.5) is 0 Å². The average Bonchev–Trinajstić information content (AvgIpc) is 3.29. The molecule has 0 spiro atoms. The van der Waals surface area contributed by atoms with Crippen molar-refractivity contribution in [2.45, 2.75) is 38.5 Å². The van der Waals surface area contributed by atoms with Gasteiger partial charge in [0.1, 0.15) is 6.04 Å². The number of likely N-dealkylation sites (N-methyl/N-ethyl adjacent to an activating group) is 1. The molecule has 1 aliphatic rings. The summed E-state index contributed by atoms with van der Waals surface area (Å²) in [6.45, 7) is 1.97. The normalized spacial score (nSPS) is 16.9. The highest BCUT2D eigenvalue weighted by Crippen LogP contribution is 2.29. The third kappa shape index (κ3) is 4.29. The van der Waals surface area contributed by atoms with E-state index in [1.54, 1.807) is 7.05 Å². The minimum absolute atomic E-state index is 0.0125. The standard InChI is InChI=1S/C16H22N2O3/c1-11(19)14(17-15(20)13-8-9-13)16(21)18(2)10-12-6-4-3-5-7-12/h3-7,11,13-14,19H,8-10H2,1-2H3,(H,17,20). The molecular weight excluding hydrogens is 268 g/mol. The Hall–Kier alpha value is -1.88. The van der Waals surface area contributed by atoms with E-state index in [4.69, 9.17) is 0 Å². The Balaban J connectivity index is 1.98. The maximum atomic E-state index is 12.4. The fraction of sp³-hybridized carbons (Fsp3) is 0.500. The molecule has 2 unspecified atom stereocenters. The first-order valence-corrected chi connectivity index (χ1v) is 7.26. The molecule has 2 N–H and O–H groups in total. The predicted octanol–water partition coefficient (Wildman–Crippen LogP) is 0.921. The summed E-state index contributed by atoms with van der Waals surface area (Å²) < 4.78 is 0. The number of amides is 2. The Morgan fingerprint density at radius 1 is 1.33 bits per heavy atom. The van der Waals surface area contributed by atoms with E-state index >= 15 is 0 Å². The van der Waals surface area contributed by atoms with Crippen LogP contribution in [0.3, 0.4) is 0 Å². The topological polar surface area (TPSA) is 69.6 Å². The fourth-order valence-electron chi connectivity index (χ4n) is 2.18. The van der Waals surface area contributed by atoms with E-state index in [1.807, 2.05) is 30.3 Å². The first-order chi connectivity index (χ1) is 9.99. The lowest BCUT2D eigenvalue weighted by molar-refractivity contribution is -0.139. The van der Waals surface area contributed by atoms with Crippen molar-refractivity contribution in [3.05, 3.63) is 35.9 Å². The molecule has 21 heavy (non-hydrogen) atoms. The van der Waals surface area contributed by atoms with Crippen LogP contribution in [0.5, 0.6) is 0 Å². The molecule has 5 heteroatoms. The molecule has 1 saturated carbocycles. The van der Waals surface area contributed by atoms with E-state index in [1.165, 1.54) is 11.8 Å². The van der Waals surface area contributed by atoms with Crippen LogP contribution in [-0.4, -0.2) is 41.0 Å². The predicted molar refractivity (Wildman–Crippen MR) is 79.3 cm³/mol. The highest BCUT2D eigenvalue weighted by molar-refractivity contribution is 5.89. The van der Waals surface area contributed by atoms with Crippen LogP contribution in [0.2, 0.25) is 0 Å². The van der Waals surface area contributed by atoms with Gasteiger partial charge in [0.2, 0.25) is 11.8 Å². The quantitative estimate of drug-likeness (QED) is 0.818. The minimum Gasteiger partial charge on any atom is -0.391 e. The molecule has 0 bridgehead atoms. The Labute approximate surface area is 125 Å². The first kappa shape index (κ1) is 15.5. The van der Waals surface area contributed by atoms with Gasteiger partial charge in [-0.15, -0.1) is 0 Å². The monoisotopic (exact) mass is 290 g/mol. The van der Waals surface area contributed by atoms with E-state index < -0.39 is 12.1 Å². The number of hydrogen-bond acceptors (Lipinski definition) is 3. The van der Waals surface area contributed by atoms with Crippen molar-refractivity contribution in [3.63, 3.8) is 0 Å². The van der Waals surface area contributed by atoms with Gasteiger partial charge in [-0.1, -0.05) is 30.3 Å². The number of nitrogens with one attached hydrogen (secondary N) is 1. The van der Waals surface area contributed by atoms with Crippen LogP contribution in [0.15, 0.2) is 30.3 Å². The molecular formula is C16H22N2O3.